The first-order valence-corrected chi connectivity index (χ1v) is 11.9. The lowest BCUT2D eigenvalue weighted by molar-refractivity contribution is -0.384. The number of nitro groups is 1. The number of anilines is 1. The molecule has 1 N–H and O–H groups in total. The molecule has 4 rings (SSSR count). The molecule has 0 bridgehead atoms. The number of fused-ring (bicyclic) bond motifs is 1. The van der Waals surface area contributed by atoms with Gasteiger partial charge in [0.05, 0.1) is 37.5 Å². The van der Waals surface area contributed by atoms with Gasteiger partial charge in [0.15, 0.2) is 5.16 Å². The number of rotatable bonds is 6. The average Bonchev–Trinajstić information content (AvgIpc) is 2.82. The Hall–Kier alpha value is -3.69. The lowest BCUT2D eigenvalue weighted by Crippen LogP contribution is -2.26. The van der Waals surface area contributed by atoms with Crippen LogP contribution in [0.25, 0.3) is 16.6 Å². The third kappa shape index (κ3) is 5.06. The Morgan fingerprint density at radius 2 is 1.86 bits per heavy atom. The largest absolute Gasteiger partial charge is 0.324 e. The summed E-state index contributed by atoms with van der Waals surface area (Å²) in [6, 6.07) is 16.6. The highest BCUT2D eigenvalue weighted by Gasteiger charge is 2.22. The van der Waals surface area contributed by atoms with E-state index in [0.717, 1.165) is 22.9 Å². The monoisotopic (exact) mass is 508 g/mol. The van der Waals surface area contributed by atoms with E-state index in [1.165, 1.54) is 22.8 Å². The van der Waals surface area contributed by atoms with Gasteiger partial charge in [0.2, 0.25) is 5.91 Å². The zero-order chi connectivity index (χ0) is 25.3. The molecule has 1 amide bonds. The number of hydrogen-bond acceptors (Lipinski definition) is 6. The number of aryl methyl sites for hydroxylation is 2. The Morgan fingerprint density at radius 3 is 2.54 bits per heavy atom. The fourth-order valence-electron chi connectivity index (χ4n) is 3.45. The minimum atomic E-state index is -0.660. The van der Waals surface area contributed by atoms with E-state index in [1.54, 1.807) is 31.2 Å². The second kappa shape index (κ2) is 9.89. The van der Waals surface area contributed by atoms with Crippen molar-refractivity contribution in [2.75, 3.05) is 5.32 Å². The number of hydrogen-bond donors (Lipinski definition) is 1. The molecule has 0 saturated heterocycles. The van der Waals surface area contributed by atoms with Gasteiger partial charge in [0.25, 0.3) is 11.2 Å². The summed E-state index contributed by atoms with van der Waals surface area (Å²) in [5, 5.41) is 13.9. The van der Waals surface area contributed by atoms with Gasteiger partial charge in [-0.25, -0.2) is 4.98 Å². The number of para-hydroxylation sites is 1. The van der Waals surface area contributed by atoms with Gasteiger partial charge < -0.3 is 5.32 Å². The highest BCUT2D eigenvalue weighted by Crippen LogP contribution is 2.29. The molecule has 8 nitrogen and oxygen atoms in total. The molecule has 178 valence electrons. The van der Waals surface area contributed by atoms with E-state index in [9.17, 15) is 19.7 Å². The molecule has 0 fully saturated rings. The fourth-order valence-corrected chi connectivity index (χ4v) is 4.60. The molecule has 1 heterocycles. The summed E-state index contributed by atoms with van der Waals surface area (Å²) in [5.41, 5.74) is 3.17. The molecule has 0 saturated carbocycles. The van der Waals surface area contributed by atoms with Crippen molar-refractivity contribution in [3.05, 3.63) is 97.3 Å². The van der Waals surface area contributed by atoms with Gasteiger partial charge in [0, 0.05) is 12.1 Å². The molecular weight excluding hydrogens is 488 g/mol. The Labute approximate surface area is 210 Å². The Bertz CT molecular complexity index is 1540. The van der Waals surface area contributed by atoms with Gasteiger partial charge in [-0.2, -0.15) is 0 Å². The summed E-state index contributed by atoms with van der Waals surface area (Å²) in [6.45, 7) is 5.65. The topological polar surface area (TPSA) is 107 Å². The van der Waals surface area contributed by atoms with Crippen molar-refractivity contribution < 1.29 is 9.72 Å². The van der Waals surface area contributed by atoms with Gasteiger partial charge in [0.1, 0.15) is 0 Å². The summed E-state index contributed by atoms with van der Waals surface area (Å²) in [7, 11) is 0. The molecule has 0 aliphatic carbocycles. The molecule has 35 heavy (non-hydrogen) atoms. The molecule has 3 aromatic carbocycles. The van der Waals surface area contributed by atoms with Crippen molar-refractivity contribution in [2.45, 2.75) is 31.2 Å². The predicted molar refractivity (Wildman–Crippen MR) is 139 cm³/mol. The minimum Gasteiger partial charge on any atom is -0.324 e. The number of non-ortho nitro benzene ring substituents is 1. The van der Waals surface area contributed by atoms with Crippen molar-refractivity contribution >= 4 is 51.5 Å². The Balaban J connectivity index is 1.70. The number of benzene rings is 3. The van der Waals surface area contributed by atoms with Crippen LogP contribution in [0.3, 0.4) is 0 Å². The molecule has 1 atom stereocenters. The lowest BCUT2D eigenvalue weighted by Gasteiger charge is -2.17. The quantitative estimate of drug-likeness (QED) is 0.155. The normalized spacial score (nSPS) is 11.9. The van der Waals surface area contributed by atoms with Crippen LogP contribution in [0.2, 0.25) is 5.02 Å². The van der Waals surface area contributed by atoms with E-state index in [2.05, 4.69) is 10.3 Å². The summed E-state index contributed by atoms with van der Waals surface area (Å²) >= 11 is 7.25. The van der Waals surface area contributed by atoms with E-state index < -0.39 is 10.2 Å². The molecule has 0 radical (unpaired) electrons. The number of thioether (sulfide) groups is 1. The first-order valence-electron chi connectivity index (χ1n) is 10.7. The molecule has 0 spiro atoms. The highest BCUT2D eigenvalue weighted by atomic mass is 35.5. The minimum absolute atomic E-state index is 0.0561. The van der Waals surface area contributed by atoms with E-state index in [4.69, 9.17) is 11.6 Å². The van der Waals surface area contributed by atoms with Gasteiger partial charge >= 0.3 is 0 Å². The van der Waals surface area contributed by atoms with E-state index >= 15 is 0 Å². The van der Waals surface area contributed by atoms with Crippen molar-refractivity contribution in [3.8, 4) is 5.69 Å². The number of aromatic nitrogens is 2. The maximum absolute atomic E-state index is 13.5. The zero-order valence-electron chi connectivity index (χ0n) is 19.1. The molecule has 10 heteroatoms. The molecule has 0 aliphatic rings. The molecule has 1 unspecified atom stereocenters. The lowest BCUT2D eigenvalue weighted by atomic mass is 10.1. The standard InChI is InChI=1S/C25H21ClN4O4S/c1-14-8-9-17(12-15(14)2)29-24(32)19-6-4-5-7-21(19)28-25(29)35-16(3)23(31)27-22-11-10-18(30(33)34)13-20(22)26/h4-13,16H,1-3H3,(H,27,31). The van der Waals surface area contributed by atoms with E-state index in [-0.39, 0.29) is 27.9 Å². The fraction of sp³-hybridized carbons (Fsp3) is 0.160. The predicted octanol–water partition coefficient (Wildman–Crippen LogP) is 5.68. The first-order chi connectivity index (χ1) is 16.7. The number of nitrogens with one attached hydrogen (secondary N) is 1. The third-order valence-corrected chi connectivity index (χ3v) is 6.93. The number of carbonyl (C=O) groups excluding carboxylic acids is 1. The second-order valence-electron chi connectivity index (χ2n) is 7.99. The molecule has 0 aliphatic heterocycles. The summed E-state index contributed by atoms with van der Waals surface area (Å²) in [6.07, 6.45) is 0. The average molecular weight is 509 g/mol. The van der Waals surface area contributed by atoms with Crippen molar-refractivity contribution in [1.82, 2.24) is 9.55 Å². The van der Waals surface area contributed by atoms with Gasteiger partial charge in [-0.1, -0.05) is 41.6 Å². The number of nitro benzene ring substituents is 1. The van der Waals surface area contributed by atoms with Crippen LogP contribution in [0.1, 0.15) is 18.1 Å². The van der Waals surface area contributed by atoms with Crippen LogP contribution in [0.5, 0.6) is 0 Å². The SMILES string of the molecule is Cc1ccc(-n2c(SC(C)C(=O)Nc3ccc([N+](=O)[O-])cc3Cl)nc3ccccc3c2=O)cc1C. The summed E-state index contributed by atoms with van der Waals surface area (Å²) < 4.78 is 1.52. The smallest absolute Gasteiger partial charge is 0.271 e. The maximum Gasteiger partial charge on any atom is 0.271 e. The van der Waals surface area contributed by atoms with Crippen molar-refractivity contribution in [2.24, 2.45) is 0 Å². The van der Waals surface area contributed by atoms with Crippen LogP contribution in [0, 0.1) is 24.0 Å². The van der Waals surface area contributed by atoms with E-state index in [1.807, 2.05) is 32.0 Å². The van der Waals surface area contributed by atoms with Crippen LogP contribution >= 0.6 is 23.4 Å². The van der Waals surface area contributed by atoms with Gasteiger partial charge in [-0.3, -0.25) is 24.3 Å². The van der Waals surface area contributed by atoms with Crippen LogP contribution < -0.4 is 10.9 Å². The summed E-state index contributed by atoms with van der Waals surface area (Å²) in [5.74, 6) is -0.389. The summed E-state index contributed by atoms with van der Waals surface area (Å²) in [4.78, 5) is 41.5. The number of halogens is 1. The molecule has 4 aromatic rings. The Kier molecular flexibility index (Phi) is 6.90. The molecule has 1 aromatic heterocycles. The van der Waals surface area contributed by atoms with Crippen molar-refractivity contribution in [1.29, 1.82) is 0 Å². The first kappa shape index (κ1) is 24.4. The second-order valence-corrected chi connectivity index (χ2v) is 9.71. The maximum atomic E-state index is 13.5. The highest BCUT2D eigenvalue weighted by molar-refractivity contribution is 8.00. The van der Waals surface area contributed by atoms with Gasteiger partial charge in [-0.15, -0.1) is 0 Å². The Morgan fingerprint density at radius 1 is 1.11 bits per heavy atom. The van der Waals surface area contributed by atoms with Crippen LogP contribution in [-0.4, -0.2) is 25.6 Å². The van der Waals surface area contributed by atoms with Crippen LogP contribution in [0.15, 0.2) is 70.6 Å². The van der Waals surface area contributed by atoms with Crippen LogP contribution in [-0.2, 0) is 4.79 Å². The third-order valence-electron chi connectivity index (χ3n) is 5.57. The molecular formula is C25H21ClN4O4S. The zero-order valence-corrected chi connectivity index (χ0v) is 20.7. The van der Waals surface area contributed by atoms with Gasteiger partial charge in [-0.05, 0) is 62.2 Å². The van der Waals surface area contributed by atoms with Crippen LogP contribution in [0.4, 0.5) is 11.4 Å². The van der Waals surface area contributed by atoms with E-state index in [0.29, 0.717) is 21.7 Å². The number of amides is 1. The van der Waals surface area contributed by atoms with Crippen molar-refractivity contribution in [3.63, 3.8) is 0 Å². The number of nitrogens with zero attached hydrogens (tertiary/aromatic N) is 3. The number of carbonyl (C=O) groups is 1.